The second-order valence-corrected chi connectivity index (χ2v) is 7.71. The second-order valence-electron chi connectivity index (χ2n) is 5.37. The number of fused-ring (bicyclic) bond motifs is 2. The van der Waals surface area contributed by atoms with Crippen LogP contribution in [0, 0.1) is 5.82 Å². The van der Waals surface area contributed by atoms with Crippen LogP contribution in [-0.4, -0.2) is 37.9 Å². The Balaban J connectivity index is 1.89. The molecule has 2 saturated heterocycles. The molecule has 2 heterocycles. The molecular formula is C13H16ClFN2O2S. The van der Waals surface area contributed by atoms with E-state index >= 15 is 0 Å². The maximum absolute atomic E-state index is 13.2. The van der Waals surface area contributed by atoms with Gasteiger partial charge in [0.15, 0.2) is 0 Å². The summed E-state index contributed by atoms with van der Waals surface area (Å²) < 4.78 is 39.8. The first-order valence-electron chi connectivity index (χ1n) is 6.68. The van der Waals surface area contributed by atoms with Gasteiger partial charge in [0.25, 0.3) is 0 Å². The molecule has 0 aromatic heterocycles. The zero-order valence-electron chi connectivity index (χ0n) is 10.9. The zero-order valence-corrected chi connectivity index (χ0v) is 12.4. The third-order valence-corrected chi connectivity index (χ3v) is 6.17. The van der Waals surface area contributed by atoms with Crippen molar-refractivity contribution in [2.24, 2.45) is 0 Å². The Hall–Kier alpha value is -0.690. The molecule has 110 valence electrons. The lowest BCUT2D eigenvalue weighted by Crippen LogP contribution is -2.39. The van der Waals surface area contributed by atoms with Gasteiger partial charge in [0.05, 0.1) is 9.92 Å². The predicted octanol–water partition coefficient (Wildman–Crippen LogP) is 1.99. The summed E-state index contributed by atoms with van der Waals surface area (Å²) in [4.78, 5) is 0.0571. The molecule has 0 saturated carbocycles. The largest absolute Gasteiger partial charge is 0.310 e. The van der Waals surface area contributed by atoms with Crippen molar-refractivity contribution >= 4 is 21.6 Å². The molecule has 7 heteroatoms. The minimum absolute atomic E-state index is 0.0571. The van der Waals surface area contributed by atoms with Crippen molar-refractivity contribution < 1.29 is 12.8 Å². The van der Waals surface area contributed by atoms with E-state index < -0.39 is 15.8 Å². The van der Waals surface area contributed by atoms with Gasteiger partial charge in [0, 0.05) is 25.2 Å². The Kier molecular flexibility index (Phi) is 3.75. The van der Waals surface area contributed by atoms with Gasteiger partial charge in [-0.15, -0.1) is 0 Å². The lowest BCUT2D eigenvalue weighted by atomic mass is 10.1. The number of halogens is 2. The molecular weight excluding hydrogens is 303 g/mol. The Morgan fingerprint density at radius 1 is 1.25 bits per heavy atom. The van der Waals surface area contributed by atoms with Crippen LogP contribution in [-0.2, 0) is 10.0 Å². The normalized spacial score (nSPS) is 27.5. The molecule has 2 fully saturated rings. The maximum atomic E-state index is 13.2. The molecule has 0 aliphatic carbocycles. The van der Waals surface area contributed by atoms with Gasteiger partial charge in [-0.1, -0.05) is 11.6 Å². The van der Waals surface area contributed by atoms with Crippen LogP contribution in [0.15, 0.2) is 23.1 Å². The van der Waals surface area contributed by atoms with Gasteiger partial charge >= 0.3 is 0 Å². The lowest BCUT2D eigenvalue weighted by molar-refractivity contribution is 0.383. The third-order valence-electron chi connectivity index (χ3n) is 4.01. The molecule has 1 N–H and O–H groups in total. The van der Waals surface area contributed by atoms with Gasteiger partial charge in [-0.3, -0.25) is 0 Å². The fourth-order valence-corrected chi connectivity index (χ4v) is 4.69. The van der Waals surface area contributed by atoms with Gasteiger partial charge in [-0.2, -0.15) is 4.31 Å². The van der Waals surface area contributed by atoms with Gasteiger partial charge in [0.2, 0.25) is 10.0 Å². The monoisotopic (exact) mass is 318 g/mol. The van der Waals surface area contributed by atoms with Gasteiger partial charge in [-0.25, -0.2) is 12.8 Å². The minimum Gasteiger partial charge on any atom is -0.310 e. The first-order valence-corrected chi connectivity index (χ1v) is 8.50. The van der Waals surface area contributed by atoms with Crippen LogP contribution in [0.1, 0.15) is 19.3 Å². The average molecular weight is 319 g/mol. The summed E-state index contributed by atoms with van der Waals surface area (Å²) in [6, 6.07) is 4.18. The molecule has 1 aromatic rings. The fraction of sp³-hybridized carbons (Fsp3) is 0.538. The van der Waals surface area contributed by atoms with Crippen LogP contribution < -0.4 is 5.32 Å². The molecule has 0 amide bonds. The first kappa shape index (κ1) is 14.3. The van der Waals surface area contributed by atoms with Crippen LogP contribution in [0.4, 0.5) is 4.39 Å². The quantitative estimate of drug-likeness (QED) is 0.907. The molecule has 2 unspecified atom stereocenters. The van der Waals surface area contributed by atoms with E-state index in [1.165, 1.54) is 16.4 Å². The van der Waals surface area contributed by atoms with Crippen LogP contribution in [0.25, 0.3) is 0 Å². The Labute approximate surface area is 123 Å². The number of nitrogens with zero attached hydrogens (tertiary/aromatic N) is 1. The maximum Gasteiger partial charge on any atom is 0.243 e. The molecule has 3 rings (SSSR count). The molecule has 1 aromatic carbocycles. The number of hydrogen-bond acceptors (Lipinski definition) is 3. The summed E-state index contributed by atoms with van der Waals surface area (Å²) in [5, 5.41) is 3.27. The fourth-order valence-electron chi connectivity index (χ4n) is 2.92. The van der Waals surface area contributed by atoms with Gasteiger partial charge in [0.1, 0.15) is 5.82 Å². The highest BCUT2D eigenvalue weighted by Crippen LogP contribution is 2.27. The molecule has 2 aliphatic heterocycles. The summed E-state index contributed by atoms with van der Waals surface area (Å²) in [6.07, 6.45) is 2.92. The molecule has 0 radical (unpaired) electrons. The summed E-state index contributed by atoms with van der Waals surface area (Å²) >= 11 is 5.68. The summed E-state index contributed by atoms with van der Waals surface area (Å²) in [5.74, 6) is -0.609. The van der Waals surface area contributed by atoms with E-state index in [0.29, 0.717) is 19.1 Å². The van der Waals surface area contributed by atoms with Crippen molar-refractivity contribution in [3.63, 3.8) is 0 Å². The van der Waals surface area contributed by atoms with Crippen LogP contribution in [0.3, 0.4) is 0 Å². The topological polar surface area (TPSA) is 49.4 Å². The number of rotatable bonds is 2. The number of hydrogen-bond donors (Lipinski definition) is 1. The minimum atomic E-state index is -3.60. The third kappa shape index (κ3) is 2.57. The molecule has 4 nitrogen and oxygen atoms in total. The average Bonchev–Trinajstić information content (AvgIpc) is 2.71. The van der Waals surface area contributed by atoms with E-state index in [9.17, 15) is 12.8 Å². The summed E-state index contributed by atoms with van der Waals surface area (Å²) in [6.45, 7) is 0.958. The van der Waals surface area contributed by atoms with Crippen molar-refractivity contribution in [1.29, 1.82) is 0 Å². The van der Waals surface area contributed by atoms with E-state index in [0.717, 1.165) is 25.3 Å². The van der Waals surface area contributed by atoms with Crippen molar-refractivity contribution in [2.75, 3.05) is 13.1 Å². The highest BCUT2D eigenvalue weighted by molar-refractivity contribution is 7.89. The summed E-state index contributed by atoms with van der Waals surface area (Å²) in [5.41, 5.74) is 0. The zero-order chi connectivity index (χ0) is 14.3. The highest BCUT2D eigenvalue weighted by Gasteiger charge is 2.35. The van der Waals surface area contributed by atoms with Crippen LogP contribution in [0.2, 0.25) is 5.02 Å². The van der Waals surface area contributed by atoms with E-state index in [-0.39, 0.29) is 16.0 Å². The van der Waals surface area contributed by atoms with Crippen LogP contribution >= 0.6 is 11.6 Å². The molecule has 20 heavy (non-hydrogen) atoms. The van der Waals surface area contributed by atoms with E-state index in [1.54, 1.807) is 0 Å². The Bertz CT molecular complexity index is 623. The van der Waals surface area contributed by atoms with Gasteiger partial charge < -0.3 is 5.32 Å². The molecule has 0 spiro atoms. The molecule has 2 aliphatic rings. The highest BCUT2D eigenvalue weighted by atomic mass is 35.5. The lowest BCUT2D eigenvalue weighted by Gasteiger charge is -2.23. The molecule has 2 bridgehead atoms. The smallest absolute Gasteiger partial charge is 0.243 e. The number of nitrogens with one attached hydrogen (secondary N) is 1. The molecule has 2 atom stereocenters. The Morgan fingerprint density at radius 2 is 2.00 bits per heavy atom. The van der Waals surface area contributed by atoms with E-state index in [2.05, 4.69) is 5.32 Å². The first-order chi connectivity index (χ1) is 9.46. The summed E-state index contributed by atoms with van der Waals surface area (Å²) in [7, 11) is -3.60. The van der Waals surface area contributed by atoms with E-state index in [1.807, 2.05) is 0 Å². The van der Waals surface area contributed by atoms with Gasteiger partial charge in [-0.05, 0) is 37.5 Å². The number of sulfonamides is 1. The van der Waals surface area contributed by atoms with Crippen molar-refractivity contribution in [3.05, 3.63) is 29.0 Å². The van der Waals surface area contributed by atoms with Crippen molar-refractivity contribution in [3.8, 4) is 0 Å². The van der Waals surface area contributed by atoms with E-state index in [4.69, 9.17) is 11.6 Å². The SMILES string of the molecule is O=S(=O)(c1ccc(F)c(Cl)c1)N1CCC2CCC(C1)N2. The number of benzene rings is 1. The predicted molar refractivity (Wildman–Crippen MR) is 74.7 cm³/mol. The standard InChI is InChI=1S/C13H16ClFN2O2S/c14-12-7-11(3-4-13(12)15)20(18,19)17-6-5-9-1-2-10(8-17)16-9/h3-4,7,9-10,16H,1-2,5-6,8H2. The van der Waals surface area contributed by atoms with Crippen molar-refractivity contribution in [1.82, 2.24) is 9.62 Å². The second kappa shape index (κ2) is 5.26. The van der Waals surface area contributed by atoms with Crippen molar-refractivity contribution in [2.45, 2.75) is 36.2 Å². The van der Waals surface area contributed by atoms with Crippen LogP contribution in [0.5, 0.6) is 0 Å². The Morgan fingerprint density at radius 3 is 2.75 bits per heavy atom.